The van der Waals surface area contributed by atoms with Crippen molar-refractivity contribution in [3.8, 4) is 17.2 Å². The molecule has 43 heavy (non-hydrogen) atoms. The molecule has 4 aromatic rings. The molecule has 0 aliphatic rings. The van der Waals surface area contributed by atoms with E-state index in [0.717, 1.165) is 9.87 Å². The largest absolute Gasteiger partial charge is 0.497 e. The monoisotopic (exact) mass is 641 g/mol. The molecule has 0 aliphatic carbocycles. The summed E-state index contributed by atoms with van der Waals surface area (Å²) in [5.74, 6) is 0.874. The van der Waals surface area contributed by atoms with Gasteiger partial charge in [-0.2, -0.15) is 5.10 Å². The van der Waals surface area contributed by atoms with Crippen LogP contribution < -0.4 is 23.9 Å². The van der Waals surface area contributed by atoms with Crippen molar-refractivity contribution in [3.05, 3.63) is 112 Å². The maximum Gasteiger partial charge on any atom is 0.264 e. The van der Waals surface area contributed by atoms with Crippen molar-refractivity contribution in [2.24, 2.45) is 5.10 Å². The third kappa shape index (κ3) is 8.63. The van der Waals surface area contributed by atoms with Gasteiger partial charge >= 0.3 is 0 Å². The second-order valence-corrected chi connectivity index (χ2v) is 11.7. The minimum Gasteiger partial charge on any atom is -0.497 e. The molecule has 0 saturated heterocycles. The highest BCUT2D eigenvalue weighted by Crippen LogP contribution is 2.29. The Morgan fingerprint density at radius 3 is 2.33 bits per heavy atom. The van der Waals surface area contributed by atoms with E-state index in [1.165, 1.54) is 43.7 Å². The molecule has 0 spiro atoms. The Bertz CT molecular complexity index is 1680. The fraction of sp³-hybridized carbons (Fsp3) is 0.161. The quantitative estimate of drug-likeness (QED) is 0.135. The van der Waals surface area contributed by atoms with Gasteiger partial charge in [-0.1, -0.05) is 41.4 Å². The summed E-state index contributed by atoms with van der Waals surface area (Å²) in [6.07, 6.45) is 1.42. The lowest BCUT2D eigenvalue weighted by Gasteiger charge is -2.24. The maximum atomic E-state index is 13.6. The zero-order valence-electron chi connectivity index (χ0n) is 23.4. The van der Waals surface area contributed by atoms with Crippen LogP contribution in [0.25, 0.3) is 0 Å². The van der Waals surface area contributed by atoms with Crippen molar-refractivity contribution >= 4 is 51.0 Å². The van der Waals surface area contributed by atoms with Gasteiger partial charge in [-0.3, -0.25) is 9.10 Å². The summed E-state index contributed by atoms with van der Waals surface area (Å²) in [4.78, 5) is 12.9. The van der Waals surface area contributed by atoms with Crippen molar-refractivity contribution in [2.75, 3.05) is 24.6 Å². The van der Waals surface area contributed by atoms with Crippen LogP contribution in [0.15, 0.2) is 101 Å². The zero-order chi connectivity index (χ0) is 30.8. The summed E-state index contributed by atoms with van der Waals surface area (Å²) in [7, 11) is -2.66. The molecule has 1 amide bonds. The molecule has 0 heterocycles. The number of nitrogens with one attached hydrogen (secondary N) is 1. The summed E-state index contributed by atoms with van der Waals surface area (Å²) >= 11 is 12.1. The molecule has 0 radical (unpaired) electrons. The first-order valence-corrected chi connectivity index (χ1v) is 15.3. The average molecular weight is 643 g/mol. The van der Waals surface area contributed by atoms with Gasteiger partial charge in [-0.25, -0.2) is 13.8 Å². The topological polar surface area (TPSA) is 107 Å². The summed E-state index contributed by atoms with van der Waals surface area (Å²) in [5.41, 5.74) is 4.18. The molecular formula is C31H29Cl2N3O6S. The van der Waals surface area contributed by atoms with Crippen molar-refractivity contribution in [2.45, 2.75) is 18.4 Å². The number of carbonyl (C=O) groups is 1. The Hall–Kier alpha value is -4.25. The zero-order valence-corrected chi connectivity index (χ0v) is 25.7. The van der Waals surface area contributed by atoms with Crippen molar-refractivity contribution in [1.29, 1.82) is 0 Å². The first-order chi connectivity index (χ1) is 20.7. The lowest BCUT2D eigenvalue weighted by molar-refractivity contribution is -0.119. The van der Waals surface area contributed by atoms with Gasteiger partial charge in [-0.05, 0) is 90.8 Å². The standard InChI is InChI=1S/C31H29Cl2N3O6S/c1-3-41-30-17-23(9-16-29(30)42-21-22-7-10-24(32)11-8-22)19-34-35-31(37)20-36(26-6-4-5-25(33)18-26)43(38,39)28-14-12-27(40-2)13-15-28/h4-19H,3,20-21H2,1-2H3,(H,35,37)/b34-19-. The summed E-state index contributed by atoms with van der Waals surface area (Å²) in [6, 6.07) is 24.6. The molecule has 9 nitrogen and oxygen atoms in total. The fourth-order valence-electron chi connectivity index (χ4n) is 3.90. The molecule has 4 rings (SSSR count). The smallest absolute Gasteiger partial charge is 0.264 e. The Balaban J connectivity index is 1.47. The van der Waals surface area contributed by atoms with Gasteiger partial charge in [0.2, 0.25) is 0 Å². The van der Waals surface area contributed by atoms with Gasteiger partial charge in [-0.15, -0.1) is 0 Å². The molecule has 0 unspecified atom stereocenters. The van der Waals surface area contributed by atoms with E-state index in [1.807, 2.05) is 19.1 Å². The van der Waals surface area contributed by atoms with Crippen molar-refractivity contribution in [3.63, 3.8) is 0 Å². The Morgan fingerprint density at radius 2 is 1.65 bits per heavy atom. The van der Waals surface area contributed by atoms with E-state index in [2.05, 4.69) is 10.5 Å². The van der Waals surface area contributed by atoms with Gasteiger partial charge in [0.15, 0.2) is 11.5 Å². The van der Waals surface area contributed by atoms with Gasteiger partial charge in [0.25, 0.3) is 15.9 Å². The number of hydrogen-bond donors (Lipinski definition) is 1. The molecule has 12 heteroatoms. The first kappa shape index (κ1) is 31.7. The van der Waals surface area contributed by atoms with Crippen LogP contribution in [0.5, 0.6) is 17.2 Å². The Kier molecular flexibility index (Phi) is 10.9. The van der Waals surface area contributed by atoms with E-state index < -0.39 is 22.5 Å². The molecule has 0 atom stereocenters. The Morgan fingerprint density at radius 1 is 0.907 bits per heavy atom. The molecule has 1 N–H and O–H groups in total. The summed E-state index contributed by atoms with van der Waals surface area (Å²) in [6.45, 7) is 2.04. The van der Waals surface area contributed by atoms with E-state index in [1.54, 1.807) is 48.5 Å². The maximum absolute atomic E-state index is 13.6. The van der Waals surface area contributed by atoms with Crippen molar-refractivity contribution in [1.82, 2.24) is 5.43 Å². The molecule has 0 aliphatic heterocycles. The highest BCUT2D eigenvalue weighted by molar-refractivity contribution is 7.92. The number of amides is 1. The van der Waals surface area contributed by atoms with E-state index in [9.17, 15) is 13.2 Å². The highest BCUT2D eigenvalue weighted by atomic mass is 35.5. The second kappa shape index (κ2) is 14.8. The number of hydrogen-bond acceptors (Lipinski definition) is 7. The molecule has 0 saturated carbocycles. The van der Waals surface area contributed by atoms with E-state index in [4.69, 9.17) is 37.4 Å². The molecule has 4 aromatic carbocycles. The number of sulfonamides is 1. The number of anilines is 1. The van der Waals surface area contributed by atoms with Crippen LogP contribution in [0.2, 0.25) is 10.0 Å². The molecule has 0 aromatic heterocycles. The minimum absolute atomic E-state index is 0.0219. The lowest BCUT2D eigenvalue weighted by Crippen LogP contribution is -2.39. The molecule has 224 valence electrons. The van der Waals surface area contributed by atoms with E-state index in [-0.39, 0.29) is 10.6 Å². The second-order valence-electron chi connectivity index (χ2n) is 9.01. The normalized spacial score (nSPS) is 11.3. The van der Waals surface area contributed by atoms with Crippen LogP contribution >= 0.6 is 23.2 Å². The summed E-state index contributed by atoms with van der Waals surface area (Å²) in [5, 5.41) is 4.98. The lowest BCUT2D eigenvalue weighted by atomic mass is 10.2. The number of hydrazone groups is 1. The molecular weight excluding hydrogens is 613 g/mol. The molecule has 0 fully saturated rings. The summed E-state index contributed by atoms with van der Waals surface area (Å²) < 4.78 is 44.9. The van der Waals surface area contributed by atoms with E-state index in [0.29, 0.717) is 46.1 Å². The van der Waals surface area contributed by atoms with Gasteiger partial charge in [0.05, 0.1) is 30.5 Å². The third-order valence-electron chi connectivity index (χ3n) is 6.01. The van der Waals surface area contributed by atoms with Crippen LogP contribution in [-0.2, 0) is 21.4 Å². The van der Waals surface area contributed by atoms with Crippen molar-refractivity contribution < 1.29 is 27.4 Å². The van der Waals surface area contributed by atoms with Gasteiger partial charge < -0.3 is 14.2 Å². The molecule has 0 bridgehead atoms. The number of ether oxygens (including phenoxy) is 3. The van der Waals surface area contributed by atoms with Crippen LogP contribution in [0.4, 0.5) is 5.69 Å². The minimum atomic E-state index is -4.14. The van der Waals surface area contributed by atoms with Gasteiger partial charge in [0.1, 0.15) is 18.9 Å². The predicted molar refractivity (Wildman–Crippen MR) is 168 cm³/mol. The number of nitrogens with zero attached hydrogens (tertiary/aromatic N) is 2. The van der Waals surface area contributed by atoms with E-state index >= 15 is 0 Å². The number of carbonyl (C=O) groups excluding carboxylic acids is 1. The van der Waals surface area contributed by atoms with Gasteiger partial charge in [0, 0.05) is 10.0 Å². The average Bonchev–Trinajstić information content (AvgIpc) is 3.00. The predicted octanol–water partition coefficient (Wildman–Crippen LogP) is 6.33. The van der Waals surface area contributed by atoms with Crippen LogP contribution in [-0.4, -0.2) is 40.8 Å². The van der Waals surface area contributed by atoms with Crippen LogP contribution in [0.3, 0.4) is 0 Å². The first-order valence-electron chi connectivity index (χ1n) is 13.1. The fourth-order valence-corrected chi connectivity index (χ4v) is 5.62. The highest BCUT2D eigenvalue weighted by Gasteiger charge is 2.27. The van der Waals surface area contributed by atoms with Crippen LogP contribution in [0, 0.1) is 0 Å². The Labute approximate surface area is 260 Å². The number of rotatable bonds is 13. The number of benzene rings is 4. The third-order valence-corrected chi connectivity index (χ3v) is 8.28. The number of halogens is 2. The van der Waals surface area contributed by atoms with Crippen LogP contribution in [0.1, 0.15) is 18.1 Å². The SMILES string of the molecule is CCOc1cc(/C=N\NC(=O)CN(c2cccc(Cl)c2)S(=O)(=O)c2ccc(OC)cc2)ccc1OCc1ccc(Cl)cc1. The number of methoxy groups -OCH3 is 1.